The third-order valence-corrected chi connectivity index (χ3v) is 5.65. The number of halogens is 7. The van der Waals surface area contributed by atoms with Gasteiger partial charge in [0.2, 0.25) is 5.91 Å². The van der Waals surface area contributed by atoms with Crippen molar-refractivity contribution in [1.82, 2.24) is 15.6 Å². The van der Waals surface area contributed by atoms with Gasteiger partial charge in [0, 0.05) is 12.2 Å². The van der Waals surface area contributed by atoms with E-state index in [4.69, 9.17) is 0 Å². The molecule has 3 rings (SSSR count). The highest BCUT2D eigenvalue weighted by Crippen LogP contribution is 2.29. The fourth-order valence-electron chi connectivity index (χ4n) is 3.74. The van der Waals surface area contributed by atoms with Crippen molar-refractivity contribution < 1.29 is 35.5 Å². The van der Waals surface area contributed by atoms with E-state index in [2.05, 4.69) is 10.3 Å². The Hall–Kier alpha value is -3.47. The average Bonchev–Trinajstić information content (AvgIpc) is 2.84. The topological polar surface area (TPSA) is 54.0 Å². The molecule has 4 nitrogen and oxygen atoms in total. The molecule has 3 aromatic rings. The minimum atomic E-state index is -4.61. The summed E-state index contributed by atoms with van der Waals surface area (Å²) in [5.74, 6) is -1.37. The standard InChI is InChI=1S/C26H24F7N3O/c1-16-13-19(9-10-20(16)27)21(11-7-17-8-12-22(34-14-17)26(31,32)33)36-23(18-5-3-2-4-6-18)24(37)35-15-25(28,29)30/h2-6,8-10,12-14,21,23,36H,7,11,15H2,1H3,(H,35,37)/t21-,23?/m1/s1. The first kappa shape index (κ1) is 28.1. The van der Waals surface area contributed by atoms with Crippen LogP contribution in [-0.2, 0) is 17.4 Å². The lowest BCUT2D eigenvalue weighted by atomic mass is 9.95. The largest absolute Gasteiger partial charge is 0.433 e. The quantitative estimate of drug-likeness (QED) is 0.325. The number of alkyl halides is 6. The molecule has 1 heterocycles. The average molecular weight is 527 g/mol. The van der Waals surface area contributed by atoms with Gasteiger partial charge in [-0.05, 0) is 54.2 Å². The predicted octanol–water partition coefficient (Wildman–Crippen LogP) is 6.23. The maximum Gasteiger partial charge on any atom is 0.433 e. The van der Waals surface area contributed by atoms with E-state index in [1.807, 2.05) is 5.32 Å². The summed E-state index contributed by atoms with van der Waals surface area (Å²) < 4.78 is 90.7. The number of rotatable bonds is 9. The van der Waals surface area contributed by atoms with Crippen LogP contribution in [0.3, 0.4) is 0 Å². The summed E-state index contributed by atoms with van der Waals surface area (Å²) in [5.41, 5.74) is 0.728. The highest BCUT2D eigenvalue weighted by atomic mass is 19.4. The van der Waals surface area contributed by atoms with Gasteiger partial charge in [-0.15, -0.1) is 0 Å². The number of hydrogen-bond donors (Lipinski definition) is 2. The molecular weight excluding hydrogens is 503 g/mol. The van der Waals surface area contributed by atoms with Crippen LogP contribution < -0.4 is 10.6 Å². The van der Waals surface area contributed by atoms with Gasteiger partial charge in [0.25, 0.3) is 0 Å². The van der Waals surface area contributed by atoms with Crippen LogP contribution in [0.15, 0.2) is 66.9 Å². The maximum absolute atomic E-state index is 13.9. The normalized spacial score (nSPS) is 13.7. The zero-order valence-electron chi connectivity index (χ0n) is 19.6. The van der Waals surface area contributed by atoms with Crippen molar-refractivity contribution in [3.05, 3.63) is 101 Å². The summed E-state index contributed by atoms with van der Waals surface area (Å²) in [7, 11) is 0. The van der Waals surface area contributed by atoms with Crippen molar-refractivity contribution in [2.45, 2.75) is 44.2 Å². The number of aryl methyl sites for hydroxylation is 2. The van der Waals surface area contributed by atoms with Crippen molar-refractivity contribution >= 4 is 5.91 Å². The summed E-state index contributed by atoms with van der Waals surface area (Å²) in [6.45, 7) is 0.0226. The van der Waals surface area contributed by atoms with E-state index in [-0.39, 0.29) is 12.8 Å². The summed E-state index contributed by atoms with van der Waals surface area (Å²) in [6, 6.07) is 12.7. The number of pyridine rings is 1. The Morgan fingerprint density at radius 2 is 1.65 bits per heavy atom. The van der Waals surface area contributed by atoms with Crippen LogP contribution in [0.1, 0.15) is 46.5 Å². The number of carbonyl (C=O) groups is 1. The summed E-state index contributed by atoms with van der Waals surface area (Å²) in [5, 5.41) is 4.96. The zero-order valence-corrected chi connectivity index (χ0v) is 19.6. The van der Waals surface area contributed by atoms with Gasteiger partial charge in [-0.25, -0.2) is 4.39 Å². The molecule has 11 heteroatoms. The lowest BCUT2D eigenvalue weighted by molar-refractivity contribution is -0.141. The molecule has 0 saturated carbocycles. The van der Waals surface area contributed by atoms with Crippen LogP contribution >= 0.6 is 0 Å². The Bertz CT molecular complexity index is 1180. The molecule has 37 heavy (non-hydrogen) atoms. The first-order valence-electron chi connectivity index (χ1n) is 11.3. The van der Waals surface area contributed by atoms with Crippen molar-refractivity contribution in [3.8, 4) is 0 Å². The SMILES string of the molecule is Cc1cc([C@@H](CCc2ccc(C(F)(F)F)nc2)NC(C(=O)NCC(F)(F)F)c2ccccc2)ccc1F. The van der Waals surface area contributed by atoms with E-state index in [1.54, 1.807) is 43.3 Å². The second kappa shape index (κ2) is 11.7. The van der Waals surface area contributed by atoms with Crippen LogP contribution in [0.25, 0.3) is 0 Å². The van der Waals surface area contributed by atoms with Crippen LogP contribution in [0.4, 0.5) is 30.7 Å². The van der Waals surface area contributed by atoms with E-state index < -0.39 is 48.4 Å². The Morgan fingerprint density at radius 1 is 0.946 bits per heavy atom. The molecule has 198 valence electrons. The molecule has 2 N–H and O–H groups in total. The fourth-order valence-corrected chi connectivity index (χ4v) is 3.74. The molecule has 0 saturated heterocycles. The van der Waals surface area contributed by atoms with Gasteiger partial charge in [0.15, 0.2) is 0 Å². The van der Waals surface area contributed by atoms with E-state index in [1.165, 1.54) is 18.2 Å². The molecule has 1 amide bonds. The predicted molar refractivity (Wildman–Crippen MR) is 123 cm³/mol. The lowest BCUT2D eigenvalue weighted by Crippen LogP contribution is -2.42. The van der Waals surface area contributed by atoms with E-state index in [0.717, 1.165) is 12.3 Å². The maximum atomic E-state index is 13.9. The molecule has 0 aliphatic carbocycles. The summed E-state index contributed by atoms with van der Waals surface area (Å²) in [6.07, 6.45) is -7.64. The van der Waals surface area contributed by atoms with Crippen molar-refractivity contribution in [3.63, 3.8) is 0 Å². The summed E-state index contributed by atoms with van der Waals surface area (Å²) >= 11 is 0. The van der Waals surface area contributed by atoms with Crippen molar-refractivity contribution in [2.75, 3.05) is 6.54 Å². The molecule has 1 aromatic heterocycles. The van der Waals surface area contributed by atoms with Crippen LogP contribution in [0.5, 0.6) is 0 Å². The smallest absolute Gasteiger partial charge is 0.345 e. The van der Waals surface area contributed by atoms with E-state index in [9.17, 15) is 35.5 Å². The Morgan fingerprint density at radius 3 is 2.22 bits per heavy atom. The number of amides is 1. The molecule has 0 spiro atoms. The van der Waals surface area contributed by atoms with Gasteiger partial charge in [-0.3, -0.25) is 15.1 Å². The molecule has 1 unspecified atom stereocenters. The number of aromatic nitrogens is 1. The van der Waals surface area contributed by atoms with Gasteiger partial charge in [-0.1, -0.05) is 48.5 Å². The first-order valence-corrected chi connectivity index (χ1v) is 11.3. The van der Waals surface area contributed by atoms with E-state index >= 15 is 0 Å². The molecule has 0 aliphatic rings. The molecule has 2 aromatic carbocycles. The summed E-state index contributed by atoms with van der Waals surface area (Å²) in [4.78, 5) is 16.3. The molecule has 2 atom stereocenters. The second-order valence-electron chi connectivity index (χ2n) is 8.49. The highest BCUT2D eigenvalue weighted by Gasteiger charge is 2.33. The van der Waals surface area contributed by atoms with Gasteiger partial charge in [0.05, 0.1) is 0 Å². The molecular formula is C26H24F7N3O. The molecule has 0 bridgehead atoms. The number of benzene rings is 2. The van der Waals surface area contributed by atoms with Crippen LogP contribution in [-0.4, -0.2) is 23.6 Å². The van der Waals surface area contributed by atoms with Gasteiger partial charge in [0.1, 0.15) is 24.1 Å². The first-order chi connectivity index (χ1) is 17.3. The number of hydrogen-bond acceptors (Lipinski definition) is 3. The monoisotopic (exact) mass is 527 g/mol. The Labute approximate surface area is 208 Å². The minimum Gasteiger partial charge on any atom is -0.345 e. The lowest BCUT2D eigenvalue weighted by Gasteiger charge is -2.27. The van der Waals surface area contributed by atoms with E-state index in [0.29, 0.717) is 22.3 Å². The highest BCUT2D eigenvalue weighted by molar-refractivity contribution is 5.83. The number of carbonyl (C=O) groups excluding carboxylic acids is 1. The van der Waals surface area contributed by atoms with Crippen LogP contribution in [0, 0.1) is 12.7 Å². The van der Waals surface area contributed by atoms with Gasteiger partial charge >= 0.3 is 12.4 Å². The van der Waals surface area contributed by atoms with Gasteiger partial charge in [-0.2, -0.15) is 26.3 Å². The number of nitrogens with one attached hydrogen (secondary N) is 2. The Kier molecular flexibility index (Phi) is 8.90. The minimum absolute atomic E-state index is 0.227. The molecule has 0 fully saturated rings. The third kappa shape index (κ3) is 8.28. The zero-order chi connectivity index (χ0) is 27.2. The van der Waals surface area contributed by atoms with Crippen molar-refractivity contribution in [1.29, 1.82) is 0 Å². The third-order valence-electron chi connectivity index (χ3n) is 5.65. The van der Waals surface area contributed by atoms with Gasteiger partial charge < -0.3 is 5.32 Å². The van der Waals surface area contributed by atoms with Crippen molar-refractivity contribution in [2.24, 2.45) is 0 Å². The second-order valence-corrected chi connectivity index (χ2v) is 8.49. The fraction of sp³-hybridized carbons (Fsp3) is 0.308. The Balaban J connectivity index is 1.89. The molecule has 0 aliphatic heterocycles. The van der Waals surface area contributed by atoms with Crippen LogP contribution in [0.2, 0.25) is 0 Å². The number of nitrogens with zero attached hydrogens (tertiary/aromatic N) is 1. The molecule has 0 radical (unpaired) electrons.